The van der Waals surface area contributed by atoms with E-state index in [0.29, 0.717) is 0 Å². The van der Waals surface area contributed by atoms with E-state index in [2.05, 4.69) is 16.9 Å². The van der Waals surface area contributed by atoms with Crippen LogP contribution in [-0.2, 0) is 19.5 Å². The van der Waals surface area contributed by atoms with E-state index < -0.39 is 0 Å². The van der Waals surface area contributed by atoms with Crippen LogP contribution in [0.25, 0.3) is 0 Å². The third-order valence-corrected chi connectivity index (χ3v) is 4.69. The maximum absolute atomic E-state index is 4.75. The van der Waals surface area contributed by atoms with Gasteiger partial charge in [-0.2, -0.15) is 5.10 Å². The van der Waals surface area contributed by atoms with Crippen LogP contribution >= 0.6 is 12.4 Å². The molecule has 1 aliphatic carbocycles. The molecule has 1 aromatic heterocycles. The molecule has 108 valence electrons. The zero-order valence-corrected chi connectivity index (χ0v) is 12.8. The summed E-state index contributed by atoms with van der Waals surface area (Å²) in [5, 5.41) is 8.23. The summed E-state index contributed by atoms with van der Waals surface area (Å²) in [5.74, 6) is 0.954. The average molecular weight is 284 g/mol. The van der Waals surface area contributed by atoms with Crippen molar-refractivity contribution in [3.8, 4) is 0 Å². The molecular weight excluding hydrogens is 258 g/mol. The molecule has 0 saturated heterocycles. The number of aromatic nitrogens is 2. The maximum atomic E-state index is 4.75. The SMILES string of the molecule is Cc1nn(CCC2CCCCC2)c2c1CCNC2.Cl. The number of hydrogen-bond acceptors (Lipinski definition) is 2. The Hall–Kier alpha value is -0.540. The first kappa shape index (κ1) is 14.9. The molecule has 1 aromatic rings. The lowest BCUT2D eigenvalue weighted by atomic mass is 9.87. The van der Waals surface area contributed by atoms with Crippen LogP contribution in [0.2, 0.25) is 0 Å². The molecule has 0 spiro atoms. The molecule has 2 aliphatic rings. The second-order valence-electron chi connectivity index (χ2n) is 5.95. The van der Waals surface area contributed by atoms with Crippen LogP contribution in [0.3, 0.4) is 0 Å². The summed E-state index contributed by atoms with van der Waals surface area (Å²) in [5.41, 5.74) is 4.22. The molecule has 1 aliphatic heterocycles. The van der Waals surface area contributed by atoms with Crippen molar-refractivity contribution >= 4 is 12.4 Å². The van der Waals surface area contributed by atoms with Crippen LogP contribution in [0.15, 0.2) is 0 Å². The molecule has 4 heteroatoms. The molecule has 1 N–H and O–H groups in total. The summed E-state index contributed by atoms with van der Waals surface area (Å²) < 4.78 is 2.28. The minimum atomic E-state index is 0. The Kier molecular flexibility index (Phi) is 5.28. The topological polar surface area (TPSA) is 29.9 Å². The van der Waals surface area contributed by atoms with Crippen molar-refractivity contribution in [1.29, 1.82) is 0 Å². The van der Waals surface area contributed by atoms with E-state index in [4.69, 9.17) is 5.10 Å². The molecule has 0 atom stereocenters. The molecule has 0 amide bonds. The van der Waals surface area contributed by atoms with Crippen molar-refractivity contribution in [2.24, 2.45) is 5.92 Å². The zero-order valence-electron chi connectivity index (χ0n) is 12.0. The first-order chi connectivity index (χ1) is 8.84. The fourth-order valence-electron chi connectivity index (χ4n) is 3.58. The Bertz CT molecular complexity index is 408. The Morgan fingerprint density at radius 1 is 1.26 bits per heavy atom. The number of halogens is 1. The number of rotatable bonds is 3. The third kappa shape index (κ3) is 3.32. The van der Waals surface area contributed by atoms with Crippen LogP contribution in [-0.4, -0.2) is 16.3 Å². The summed E-state index contributed by atoms with van der Waals surface area (Å²) in [6.45, 7) is 5.42. The second kappa shape index (κ2) is 6.76. The van der Waals surface area contributed by atoms with Gasteiger partial charge in [0.1, 0.15) is 0 Å². The monoisotopic (exact) mass is 283 g/mol. The fourth-order valence-corrected chi connectivity index (χ4v) is 3.58. The first-order valence-corrected chi connectivity index (χ1v) is 7.60. The summed E-state index contributed by atoms with van der Waals surface area (Å²) in [4.78, 5) is 0. The molecule has 0 aromatic carbocycles. The van der Waals surface area contributed by atoms with Crippen LogP contribution in [0, 0.1) is 12.8 Å². The van der Waals surface area contributed by atoms with Crippen molar-refractivity contribution in [2.45, 2.75) is 65.0 Å². The Morgan fingerprint density at radius 3 is 2.84 bits per heavy atom. The zero-order chi connectivity index (χ0) is 12.4. The summed E-state index contributed by atoms with van der Waals surface area (Å²) in [7, 11) is 0. The van der Waals surface area contributed by atoms with Crippen molar-refractivity contribution < 1.29 is 0 Å². The van der Waals surface area contributed by atoms with Gasteiger partial charge in [-0.3, -0.25) is 4.68 Å². The molecule has 3 rings (SSSR count). The third-order valence-electron chi connectivity index (χ3n) is 4.69. The number of hydrogen-bond donors (Lipinski definition) is 1. The van der Waals surface area contributed by atoms with Crippen molar-refractivity contribution in [1.82, 2.24) is 15.1 Å². The second-order valence-corrected chi connectivity index (χ2v) is 5.95. The summed E-state index contributed by atoms with van der Waals surface area (Å²) >= 11 is 0. The molecule has 1 saturated carbocycles. The van der Waals surface area contributed by atoms with Crippen molar-refractivity contribution in [3.05, 3.63) is 17.0 Å². The lowest BCUT2D eigenvalue weighted by molar-refractivity contribution is 0.316. The lowest BCUT2D eigenvalue weighted by Crippen LogP contribution is -2.25. The Balaban J connectivity index is 0.00000133. The van der Waals surface area contributed by atoms with E-state index in [1.807, 2.05) is 0 Å². The van der Waals surface area contributed by atoms with Crippen molar-refractivity contribution in [2.75, 3.05) is 6.54 Å². The molecule has 3 nitrogen and oxygen atoms in total. The van der Waals surface area contributed by atoms with Gasteiger partial charge in [-0.25, -0.2) is 0 Å². The van der Waals surface area contributed by atoms with Gasteiger partial charge in [0.15, 0.2) is 0 Å². The van der Waals surface area contributed by atoms with E-state index in [9.17, 15) is 0 Å². The van der Waals surface area contributed by atoms with E-state index in [1.54, 1.807) is 0 Å². The predicted octanol–water partition coefficient (Wildman–Crippen LogP) is 3.23. The minimum absolute atomic E-state index is 0. The molecule has 2 heterocycles. The first-order valence-electron chi connectivity index (χ1n) is 7.60. The van der Waals surface area contributed by atoms with Crippen LogP contribution in [0.1, 0.15) is 55.5 Å². The van der Waals surface area contributed by atoms with Gasteiger partial charge in [-0.05, 0) is 37.8 Å². The maximum Gasteiger partial charge on any atom is 0.0629 e. The summed E-state index contributed by atoms with van der Waals surface area (Å²) in [6.07, 6.45) is 9.72. The normalized spacial score (nSPS) is 19.8. The van der Waals surface area contributed by atoms with E-state index in [1.165, 1.54) is 55.5 Å². The van der Waals surface area contributed by atoms with E-state index in [0.717, 1.165) is 32.0 Å². The largest absolute Gasteiger partial charge is 0.311 e. The highest BCUT2D eigenvalue weighted by Gasteiger charge is 2.19. The highest BCUT2D eigenvalue weighted by Crippen LogP contribution is 2.27. The number of fused-ring (bicyclic) bond motifs is 1. The minimum Gasteiger partial charge on any atom is -0.311 e. The number of aryl methyl sites for hydroxylation is 2. The number of nitrogens with one attached hydrogen (secondary N) is 1. The summed E-state index contributed by atoms with van der Waals surface area (Å²) in [6, 6.07) is 0. The lowest BCUT2D eigenvalue weighted by Gasteiger charge is -2.22. The van der Waals surface area contributed by atoms with Gasteiger partial charge >= 0.3 is 0 Å². The number of nitrogens with zero attached hydrogens (tertiary/aromatic N) is 2. The van der Waals surface area contributed by atoms with Gasteiger partial charge in [0.2, 0.25) is 0 Å². The van der Waals surface area contributed by atoms with Crippen molar-refractivity contribution in [3.63, 3.8) is 0 Å². The van der Waals surface area contributed by atoms with Gasteiger partial charge in [0, 0.05) is 13.1 Å². The molecular formula is C15H26ClN3. The average Bonchev–Trinajstić information content (AvgIpc) is 2.75. The van der Waals surface area contributed by atoms with Crippen LogP contribution in [0.5, 0.6) is 0 Å². The van der Waals surface area contributed by atoms with Gasteiger partial charge < -0.3 is 5.32 Å². The smallest absolute Gasteiger partial charge is 0.0629 e. The highest BCUT2D eigenvalue weighted by atomic mass is 35.5. The van der Waals surface area contributed by atoms with Gasteiger partial charge in [-0.1, -0.05) is 32.1 Å². The predicted molar refractivity (Wildman–Crippen MR) is 80.8 cm³/mol. The molecule has 19 heavy (non-hydrogen) atoms. The fraction of sp³-hybridized carbons (Fsp3) is 0.800. The molecule has 1 fully saturated rings. The van der Waals surface area contributed by atoms with Gasteiger partial charge in [0.05, 0.1) is 11.4 Å². The van der Waals surface area contributed by atoms with Crippen LogP contribution < -0.4 is 5.32 Å². The molecule has 0 radical (unpaired) electrons. The Morgan fingerprint density at radius 2 is 2.05 bits per heavy atom. The standard InChI is InChI=1S/C15H25N3.ClH/c1-12-14-7-9-16-11-15(14)18(17-12)10-8-13-5-3-2-4-6-13;/h13,16H,2-11H2,1H3;1H. The van der Waals surface area contributed by atoms with Gasteiger partial charge in [0.25, 0.3) is 0 Å². The van der Waals surface area contributed by atoms with E-state index >= 15 is 0 Å². The van der Waals surface area contributed by atoms with Gasteiger partial charge in [-0.15, -0.1) is 12.4 Å². The Labute approximate surface area is 122 Å². The molecule has 0 bridgehead atoms. The molecule has 0 unspecified atom stereocenters. The van der Waals surface area contributed by atoms with Crippen LogP contribution in [0.4, 0.5) is 0 Å². The quantitative estimate of drug-likeness (QED) is 0.923. The van der Waals surface area contributed by atoms with E-state index in [-0.39, 0.29) is 12.4 Å². The highest BCUT2D eigenvalue weighted by molar-refractivity contribution is 5.85.